The molecular weight excluding hydrogens is 296 g/mol. The Balaban J connectivity index is 1.63. The van der Waals surface area contributed by atoms with Crippen molar-refractivity contribution in [1.82, 2.24) is 19.6 Å². The molecule has 118 valence electrons. The van der Waals surface area contributed by atoms with Crippen LogP contribution in [0.25, 0.3) is 4.96 Å². The summed E-state index contributed by atoms with van der Waals surface area (Å²) in [5, 5.41) is 3.31. The number of hydrogen-bond acceptors (Lipinski definition) is 4. The summed E-state index contributed by atoms with van der Waals surface area (Å²) in [5.74, 6) is 0.251. The topological polar surface area (TPSA) is 49.6 Å². The number of likely N-dealkylation sites (tertiary alicyclic amines) is 1. The SMILES string of the molecule is C=CCNCCC1CCC(=O)N1Cc1cn2cc(C)sc2n1. The van der Waals surface area contributed by atoms with Crippen LogP contribution in [0.4, 0.5) is 0 Å². The van der Waals surface area contributed by atoms with Crippen LogP contribution in [0, 0.1) is 6.92 Å². The maximum atomic E-state index is 12.1. The van der Waals surface area contributed by atoms with E-state index in [1.54, 1.807) is 11.3 Å². The average Bonchev–Trinajstić information content (AvgIpc) is 3.11. The molecule has 3 heterocycles. The Hall–Kier alpha value is -1.66. The van der Waals surface area contributed by atoms with E-state index < -0.39 is 0 Å². The first-order chi connectivity index (χ1) is 10.7. The minimum Gasteiger partial charge on any atom is -0.334 e. The molecule has 2 aromatic rings. The molecule has 1 unspecified atom stereocenters. The number of carbonyl (C=O) groups excluding carboxylic acids is 1. The summed E-state index contributed by atoms with van der Waals surface area (Å²) >= 11 is 1.68. The van der Waals surface area contributed by atoms with Crippen LogP contribution in [-0.2, 0) is 11.3 Å². The Morgan fingerprint density at radius 2 is 2.41 bits per heavy atom. The molecule has 0 aromatic carbocycles. The fraction of sp³-hybridized carbons (Fsp3) is 0.500. The van der Waals surface area contributed by atoms with Crippen LogP contribution in [-0.4, -0.2) is 39.3 Å². The quantitative estimate of drug-likeness (QED) is 0.630. The number of carbonyl (C=O) groups is 1. The van der Waals surface area contributed by atoms with Crippen LogP contribution in [0.15, 0.2) is 25.0 Å². The molecule has 22 heavy (non-hydrogen) atoms. The third kappa shape index (κ3) is 3.23. The lowest BCUT2D eigenvalue weighted by Gasteiger charge is -2.24. The van der Waals surface area contributed by atoms with Crippen molar-refractivity contribution in [1.29, 1.82) is 0 Å². The van der Waals surface area contributed by atoms with Gasteiger partial charge in [0, 0.05) is 36.3 Å². The minimum atomic E-state index is 0.251. The number of fused-ring (bicyclic) bond motifs is 1. The lowest BCUT2D eigenvalue weighted by Crippen LogP contribution is -2.34. The number of hydrogen-bond donors (Lipinski definition) is 1. The van der Waals surface area contributed by atoms with Crippen LogP contribution >= 0.6 is 11.3 Å². The monoisotopic (exact) mass is 318 g/mol. The number of aryl methyl sites for hydroxylation is 1. The Kier molecular flexibility index (Phi) is 4.59. The van der Waals surface area contributed by atoms with Gasteiger partial charge in [-0.3, -0.25) is 9.20 Å². The first-order valence-electron chi connectivity index (χ1n) is 7.72. The van der Waals surface area contributed by atoms with Crippen molar-refractivity contribution in [2.75, 3.05) is 13.1 Å². The Bertz CT molecular complexity index is 643. The van der Waals surface area contributed by atoms with Crippen molar-refractivity contribution in [3.8, 4) is 0 Å². The van der Waals surface area contributed by atoms with Gasteiger partial charge in [-0.1, -0.05) is 6.08 Å². The highest BCUT2D eigenvalue weighted by Gasteiger charge is 2.30. The number of nitrogens with zero attached hydrogens (tertiary/aromatic N) is 3. The maximum Gasteiger partial charge on any atom is 0.223 e. The van der Waals surface area contributed by atoms with Crippen LogP contribution in [0.3, 0.4) is 0 Å². The second-order valence-corrected chi connectivity index (χ2v) is 6.97. The Morgan fingerprint density at radius 3 is 3.18 bits per heavy atom. The molecule has 0 spiro atoms. The summed E-state index contributed by atoms with van der Waals surface area (Å²) in [6.45, 7) is 8.13. The number of thiazole rings is 1. The summed E-state index contributed by atoms with van der Waals surface area (Å²) in [6.07, 6.45) is 8.58. The smallest absolute Gasteiger partial charge is 0.223 e. The zero-order chi connectivity index (χ0) is 15.5. The van der Waals surface area contributed by atoms with Crippen molar-refractivity contribution in [2.24, 2.45) is 0 Å². The number of rotatable bonds is 7. The molecule has 6 heteroatoms. The molecule has 3 rings (SSSR count). The van der Waals surface area contributed by atoms with Gasteiger partial charge >= 0.3 is 0 Å². The number of imidazole rings is 1. The van der Waals surface area contributed by atoms with E-state index in [9.17, 15) is 4.79 Å². The average molecular weight is 318 g/mol. The van der Waals surface area contributed by atoms with E-state index in [4.69, 9.17) is 0 Å². The van der Waals surface area contributed by atoms with E-state index >= 15 is 0 Å². The fourth-order valence-electron chi connectivity index (χ4n) is 2.99. The zero-order valence-corrected chi connectivity index (χ0v) is 13.7. The molecule has 0 radical (unpaired) electrons. The predicted octanol–water partition coefficient (Wildman–Crippen LogP) is 2.36. The van der Waals surface area contributed by atoms with E-state index in [-0.39, 0.29) is 5.91 Å². The normalized spacial score (nSPS) is 18.5. The van der Waals surface area contributed by atoms with Gasteiger partial charge in [-0.15, -0.1) is 17.9 Å². The van der Waals surface area contributed by atoms with Crippen LogP contribution < -0.4 is 5.32 Å². The summed E-state index contributed by atoms with van der Waals surface area (Å²) in [6, 6.07) is 0.325. The highest BCUT2D eigenvalue weighted by molar-refractivity contribution is 7.16. The highest BCUT2D eigenvalue weighted by atomic mass is 32.1. The molecule has 2 aromatic heterocycles. The molecule has 1 aliphatic rings. The van der Waals surface area contributed by atoms with Crippen molar-refractivity contribution < 1.29 is 4.79 Å². The second-order valence-electron chi connectivity index (χ2n) is 5.76. The van der Waals surface area contributed by atoms with Gasteiger partial charge in [0.25, 0.3) is 0 Å². The fourth-order valence-corrected chi connectivity index (χ4v) is 3.82. The molecule has 0 aliphatic carbocycles. The third-order valence-electron chi connectivity index (χ3n) is 4.05. The van der Waals surface area contributed by atoms with E-state index in [0.717, 1.165) is 36.6 Å². The van der Waals surface area contributed by atoms with Crippen LogP contribution in [0.2, 0.25) is 0 Å². The van der Waals surface area contributed by atoms with E-state index in [0.29, 0.717) is 19.0 Å². The molecule has 1 fully saturated rings. The van der Waals surface area contributed by atoms with Gasteiger partial charge in [-0.05, 0) is 26.3 Å². The van der Waals surface area contributed by atoms with Crippen LogP contribution in [0.5, 0.6) is 0 Å². The summed E-state index contributed by atoms with van der Waals surface area (Å²) in [4.78, 5) is 21.0. The molecule has 0 bridgehead atoms. The first kappa shape index (κ1) is 15.2. The van der Waals surface area contributed by atoms with Gasteiger partial charge in [-0.25, -0.2) is 4.98 Å². The zero-order valence-electron chi connectivity index (χ0n) is 12.9. The first-order valence-corrected chi connectivity index (χ1v) is 8.54. The van der Waals surface area contributed by atoms with E-state index in [1.807, 2.05) is 17.2 Å². The minimum absolute atomic E-state index is 0.251. The van der Waals surface area contributed by atoms with Crippen molar-refractivity contribution in [3.63, 3.8) is 0 Å². The Morgan fingerprint density at radius 1 is 1.55 bits per heavy atom. The molecule has 5 nitrogen and oxygen atoms in total. The van der Waals surface area contributed by atoms with E-state index in [2.05, 4.69) is 34.4 Å². The van der Waals surface area contributed by atoms with Crippen molar-refractivity contribution >= 4 is 22.2 Å². The van der Waals surface area contributed by atoms with Gasteiger partial charge in [0.1, 0.15) is 0 Å². The van der Waals surface area contributed by atoms with Crippen LogP contribution in [0.1, 0.15) is 29.8 Å². The van der Waals surface area contributed by atoms with Crippen molar-refractivity contribution in [2.45, 2.75) is 38.8 Å². The molecule has 1 amide bonds. The Labute approximate surface area is 134 Å². The summed E-state index contributed by atoms with van der Waals surface area (Å²) < 4.78 is 2.05. The summed E-state index contributed by atoms with van der Waals surface area (Å²) in [5.41, 5.74) is 0.977. The molecule has 1 atom stereocenters. The van der Waals surface area contributed by atoms with Gasteiger partial charge in [0.05, 0.1) is 12.2 Å². The molecule has 1 saturated heterocycles. The van der Waals surface area contributed by atoms with Crippen molar-refractivity contribution in [3.05, 3.63) is 35.6 Å². The van der Waals surface area contributed by atoms with Gasteiger partial charge < -0.3 is 10.2 Å². The number of nitrogens with one attached hydrogen (secondary N) is 1. The predicted molar refractivity (Wildman–Crippen MR) is 89.1 cm³/mol. The molecule has 1 N–H and O–H groups in total. The number of amides is 1. The van der Waals surface area contributed by atoms with E-state index in [1.165, 1.54) is 4.88 Å². The number of aromatic nitrogens is 2. The molecular formula is C16H22N4OS. The maximum absolute atomic E-state index is 12.1. The third-order valence-corrected chi connectivity index (χ3v) is 4.96. The highest BCUT2D eigenvalue weighted by Crippen LogP contribution is 2.24. The summed E-state index contributed by atoms with van der Waals surface area (Å²) in [7, 11) is 0. The van der Waals surface area contributed by atoms with Gasteiger partial charge in [0.15, 0.2) is 4.96 Å². The molecule has 1 aliphatic heterocycles. The largest absolute Gasteiger partial charge is 0.334 e. The second kappa shape index (κ2) is 6.62. The van der Waals surface area contributed by atoms with Gasteiger partial charge in [0.2, 0.25) is 5.91 Å². The van der Waals surface area contributed by atoms with Gasteiger partial charge in [-0.2, -0.15) is 0 Å². The molecule has 0 saturated carbocycles. The lowest BCUT2D eigenvalue weighted by molar-refractivity contribution is -0.129. The lowest BCUT2D eigenvalue weighted by atomic mass is 10.1. The standard InChI is InChI=1S/C16H22N4OS/c1-3-7-17-8-6-14-4-5-15(21)20(14)11-13-10-19-9-12(2)22-16(19)18-13/h3,9-10,14,17H,1,4-8,11H2,2H3.